The smallest absolute Gasteiger partial charge is 0.390 e. The van der Waals surface area contributed by atoms with Crippen molar-refractivity contribution < 1.29 is 31.9 Å². The number of benzene rings is 2. The molecular weight excluding hydrogens is 599 g/mol. The Morgan fingerprint density at radius 1 is 1.14 bits per heavy atom. The number of aliphatic hydroxyl groups is 1. The number of carbonyl (C=O) groups is 1. The van der Waals surface area contributed by atoms with E-state index in [2.05, 4.69) is 21.5 Å². The van der Waals surface area contributed by atoms with E-state index in [1.807, 2.05) is 32.0 Å². The van der Waals surface area contributed by atoms with E-state index in [1.165, 1.54) is 0 Å². The van der Waals surface area contributed by atoms with Crippen LogP contribution in [0, 0.1) is 24.0 Å². The molecule has 1 aliphatic carbocycles. The van der Waals surface area contributed by atoms with Crippen LogP contribution in [-0.4, -0.2) is 47.8 Å². The molecular formula is C32H35F5N4O2S. The number of hydrogen-bond donors (Lipinski definition) is 3. The van der Waals surface area contributed by atoms with Crippen molar-refractivity contribution in [2.24, 2.45) is 0 Å². The Hall–Kier alpha value is -3.53. The van der Waals surface area contributed by atoms with E-state index in [9.17, 15) is 31.9 Å². The second kappa shape index (κ2) is 14.1. The third kappa shape index (κ3) is 8.14. The number of alkyl halides is 3. The molecule has 236 valence electrons. The quantitative estimate of drug-likeness (QED) is 0.149. The lowest BCUT2D eigenvalue weighted by atomic mass is 9.98. The molecule has 3 aromatic rings. The molecule has 0 radical (unpaired) electrons. The first-order valence-electron chi connectivity index (χ1n) is 14.5. The molecule has 2 aromatic carbocycles. The van der Waals surface area contributed by atoms with Gasteiger partial charge in [-0.3, -0.25) is 4.79 Å². The van der Waals surface area contributed by atoms with Crippen LogP contribution in [0.25, 0.3) is 0 Å². The average Bonchev–Trinajstić information content (AvgIpc) is 3.62. The molecule has 1 amide bonds. The summed E-state index contributed by atoms with van der Waals surface area (Å²) in [6.07, 6.45) is 1.90. The fourth-order valence-corrected chi connectivity index (χ4v) is 6.22. The van der Waals surface area contributed by atoms with E-state index >= 15 is 0 Å². The van der Waals surface area contributed by atoms with E-state index < -0.39 is 52.0 Å². The highest BCUT2D eigenvalue weighted by Gasteiger charge is 2.45. The van der Waals surface area contributed by atoms with Crippen LogP contribution in [0.3, 0.4) is 0 Å². The molecule has 1 heterocycles. The maximum absolute atomic E-state index is 14.1. The van der Waals surface area contributed by atoms with Gasteiger partial charge in [0.25, 0.3) is 5.91 Å². The molecule has 0 unspecified atom stereocenters. The molecule has 1 saturated carbocycles. The molecule has 1 aliphatic rings. The Labute approximate surface area is 257 Å². The average molecular weight is 635 g/mol. The Bertz CT molecular complexity index is 1470. The van der Waals surface area contributed by atoms with Crippen LogP contribution in [0.1, 0.15) is 71.6 Å². The summed E-state index contributed by atoms with van der Waals surface area (Å²) in [5.74, 6) is -0.217. The second-order valence-corrected chi connectivity index (χ2v) is 12.0. The molecule has 12 heteroatoms. The van der Waals surface area contributed by atoms with Crippen molar-refractivity contribution in [3.8, 4) is 12.3 Å². The van der Waals surface area contributed by atoms with Gasteiger partial charge in [-0.1, -0.05) is 43.2 Å². The molecule has 44 heavy (non-hydrogen) atoms. The van der Waals surface area contributed by atoms with E-state index in [1.54, 1.807) is 11.0 Å². The number of hydrogen-bond acceptors (Lipinski definition) is 6. The molecule has 6 nitrogen and oxygen atoms in total. The topological polar surface area (TPSA) is 77.5 Å². The minimum Gasteiger partial charge on any atom is -0.390 e. The number of rotatable bonds is 14. The van der Waals surface area contributed by atoms with Gasteiger partial charge in [0, 0.05) is 36.8 Å². The highest BCUT2D eigenvalue weighted by Crippen LogP contribution is 2.45. The van der Waals surface area contributed by atoms with Crippen molar-refractivity contribution in [1.82, 2.24) is 15.6 Å². The van der Waals surface area contributed by atoms with Crippen LogP contribution in [-0.2, 0) is 18.1 Å². The summed E-state index contributed by atoms with van der Waals surface area (Å²) in [6.45, 7) is 4.64. The summed E-state index contributed by atoms with van der Waals surface area (Å²) >= 11 is 0.625. The lowest BCUT2D eigenvalue weighted by Gasteiger charge is -2.27. The standard InChI is InChI=1S/C32H35F5N4O2S/c1-4-12-41(13-5-2)30-40-28(32(35,36)37)27(44-30)29(43)39-25(17-21-15-23(33)18-24(34)16-21)26(42)19-38-31(10-11-31)22-9-7-8-20(6-3)14-22/h3,7-9,14-16,18,25-26,38,42H,4-5,10-13,17,19H2,1-2H3,(H,39,43)/t25-,26+/m0/s1. The molecule has 0 bridgehead atoms. The van der Waals surface area contributed by atoms with Gasteiger partial charge in [-0.05, 0) is 67.5 Å². The van der Waals surface area contributed by atoms with Crippen LogP contribution in [0.2, 0.25) is 0 Å². The Balaban J connectivity index is 1.61. The molecule has 4 rings (SSSR count). The zero-order valence-electron chi connectivity index (χ0n) is 24.5. The zero-order valence-corrected chi connectivity index (χ0v) is 25.3. The SMILES string of the molecule is C#Cc1cccc(C2(NC[C@@H](O)[C@H](Cc3cc(F)cc(F)c3)NC(=O)c3sc(N(CCC)CCC)nc3C(F)(F)F)CC2)c1. The van der Waals surface area contributed by atoms with Gasteiger partial charge in [0.15, 0.2) is 10.8 Å². The number of nitrogens with zero attached hydrogens (tertiary/aromatic N) is 2. The van der Waals surface area contributed by atoms with Gasteiger partial charge >= 0.3 is 6.18 Å². The van der Waals surface area contributed by atoms with Gasteiger partial charge in [0.1, 0.15) is 16.5 Å². The third-order valence-corrected chi connectivity index (χ3v) is 8.60. The number of carbonyl (C=O) groups excluding carboxylic acids is 1. The summed E-state index contributed by atoms with van der Waals surface area (Å²) in [5.41, 5.74) is -0.0572. The van der Waals surface area contributed by atoms with Crippen molar-refractivity contribution in [2.75, 3.05) is 24.5 Å². The van der Waals surface area contributed by atoms with E-state index in [0.29, 0.717) is 48.9 Å². The van der Waals surface area contributed by atoms with Crippen LogP contribution < -0.4 is 15.5 Å². The third-order valence-electron chi connectivity index (χ3n) is 7.49. The number of aromatic nitrogens is 1. The molecule has 0 spiro atoms. The van der Waals surface area contributed by atoms with Gasteiger partial charge in [-0.25, -0.2) is 13.8 Å². The van der Waals surface area contributed by atoms with Crippen LogP contribution in [0.15, 0.2) is 42.5 Å². The van der Waals surface area contributed by atoms with E-state index in [4.69, 9.17) is 6.42 Å². The monoisotopic (exact) mass is 634 g/mol. The van der Waals surface area contributed by atoms with Crippen molar-refractivity contribution in [1.29, 1.82) is 0 Å². The fraction of sp³-hybridized carbons (Fsp3) is 0.438. The van der Waals surface area contributed by atoms with Gasteiger partial charge in [0.05, 0.1) is 12.1 Å². The number of aliphatic hydroxyl groups excluding tert-OH is 1. The number of terminal acetylenes is 1. The summed E-state index contributed by atoms with van der Waals surface area (Å²) < 4.78 is 70.2. The molecule has 1 aromatic heterocycles. The zero-order chi connectivity index (χ0) is 32.1. The van der Waals surface area contributed by atoms with Crippen LogP contribution >= 0.6 is 11.3 Å². The lowest BCUT2D eigenvalue weighted by Crippen LogP contribution is -2.50. The fourth-order valence-electron chi connectivity index (χ4n) is 5.17. The van der Waals surface area contributed by atoms with Crippen LogP contribution in [0.4, 0.5) is 27.1 Å². The van der Waals surface area contributed by atoms with Crippen LogP contribution in [0.5, 0.6) is 0 Å². The predicted octanol–water partition coefficient (Wildman–Crippen LogP) is 6.03. The van der Waals surface area contributed by atoms with Crippen molar-refractivity contribution in [2.45, 2.75) is 69.8 Å². The first kappa shape index (κ1) is 33.4. The van der Waals surface area contributed by atoms with Gasteiger partial charge in [-0.2, -0.15) is 13.2 Å². The van der Waals surface area contributed by atoms with E-state index in [-0.39, 0.29) is 23.7 Å². The van der Waals surface area contributed by atoms with Crippen molar-refractivity contribution in [3.05, 3.63) is 81.4 Å². The highest BCUT2D eigenvalue weighted by atomic mass is 32.1. The first-order chi connectivity index (χ1) is 20.9. The predicted molar refractivity (Wildman–Crippen MR) is 161 cm³/mol. The largest absolute Gasteiger partial charge is 0.435 e. The highest BCUT2D eigenvalue weighted by molar-refractivity contribution is 7.17. The summed E-state index contributed by atoms with van der Waals surface area (Å²) in [5, 5.41) is 17.2. The molecule has 0 saturated heterocycles. The minimum atomic E-state index is -4.90. The number of amides is 1. The van der Waals surface area contributed by atoms with Crippen molar-refractivity contribution >= 4 is 22.4 Å². The van der Waals surface area contributed by atoms with Gasteiger partial charge < -0.3 is 20.6 Å². The summed E-state index contributed by atoms with van der Waals surface area (Å²) in [7, 11) is 0. The van der Waals surface area contributed by atoms with Crippen molar-refractivity contribution in [3.63, 3.8) is 0 Å². The molecule has 0 aliphatic heterocycles. The maximum atomic E-state index is 14.1. The van der Waals surface area contributed by atoms with E-state index in [0.717, 1.165) is 30.5 Å². The number of thiazole rings is 1. The Kier molecular flexibility index (Phi) is 10.7. The molecule has 1 fully saturated rings. The Morgan fingerprint density at radius 2 is 1.80 bits per heavy atom. The summed E-state index contributed by atoms with van der Waals surface area (Å²) in [4.78, 5) is 18.3. The number of halogens is 5. The lowest BCUT2D eigenvalue weighted by molar-refractivity contribution is -0.141. The first-order valence-corrected chi connectivity index (χ1v) is 15.3. The molecule has 3 N–H and O–H groups in total. The van der Waals surface area contributed by atoms with Gasteiger partial charge in [-0.15, -0.1) is 6.42 Å². The Morgan fingerprint density at radius 3 is 2.36 bits per heavy atom. The molecule has 2 atom stereocenters. The maximum Gasteiger partial charge on any atom is 0.435 e. The number of nitrogens with one attached hydrogen (secondary N) is 2. The normalized spacial score (nSPS) is 15.3. The second-order valence-electron chi connectivity index (χ2n) is 11.0. The minimum absolute atomic E-state index is 0.0656. The van der Waals surface area contributed by atoms with Gasteiger partial charge in [0.2, 0.25) is 0 Å². The number of anilines is 1. The summed E-state index contributed by atoms with van der Waals surface area (Å²) in [6, 6.07) is 8.98.